The molecule has 0 spiro atoms. The highest BCUT2D eigenvalue weighted by atomic mass is 35.5. The smallest absolute Gasteiger partial charge is 0.379 e. The van der Waals surface area contributed by atoms with Gasteiger partial charge in [-0.15, -0.1) is 0 Å². The number of nitro groups is 1. The lowest BCUT2D eigenvalue weighted by Gasteiger charge is -2.29. The monoisotopic (exact) mass is 570 g/mol. The van der Waals surface area contributed by atoms with Crippen LogP contribution in [0.25, 0.3) is 0 Å². The average molecular weight is 571 g/mol. The van der Waals surface area contributed by atoms with Crippen LogP contribution in [-0.4, -0.2) is 30.2 Å². The fraction of sp³-hybridized carbons (Fsp3) is 0.240. The van der Waals surface area contributed by atoms with Crippen LogP contribution in [0, 0.1) is 10.1 Å². The highest BCUT2D eigenvalue weighted by Gasteiger charge is 2.32. The number of nitrogens with zero attached hydrogens (tertiary/aromatic N) is 2. The minimum Gasteiger partial charge on any atom is -0.379 e. The van der Waals surface area contributed by atoms with Gasteiger partial charge in [0.25, 0.3) is 11.6 Å². The lowest BCUT2D eigenvalue weighted by molar-refractivity contribution is -0.384. The van der Waals surface area contributed by atoms with Gasteiger partial charge in [-0.3, -0.25) is 14.9 Å². The molecule has 0 aliphatic rings. The molecule has 3 aromatic carbocycles. The summed E-state index contributed by atoms with van der Waals surface area (Å²) >= 11 is 6.15. The molecule has 38 heavy (non-hydrogen) atoms. The van der Waals surface area contributed by atoms with Crippen LogP contribution in [0.2, 0.25) is 5.02 Å². The van der Waals surface area contributed by atoms with Crippen molar-refractivity contribution in [3.8, 4) is 5.75 Å². The zero-order valence-electron chi connectivity index (χ0n) is 20.1. The summed E-state index contributed by atoms with van der Waals surface area (Å²) in [5, 5.41) is 10.9. The molecule has 3 rings (SSSR count). The van der Waals surface area contributed by atoms with Gasteiger partial charge >= 0.3 is 16.3 Å². The SMILES string of the molecule is CCC(C)N(Cc1cccc(OS(=O)(=O)c2cccc(C(F)(F)F)c2)c1)C(=O)c1ccc([N+](=O)[O-])cc1Cl. The molecule has 1 amide bonds. The number of hydrogen-bond acceptors (Lipinski definition) is 6. The molecule has 0 heterocycles. The average Bonchev–Trinajstić information content (AvgIpc) is 2.86. The van der Waals surface area contributed by atoms with Crippen LogP contribution < -0.4 is 4.18 Å². The van der Waals surface area contributed by atoms with E-state index in [1.54, 1.807) is 13.0 Å². The highest BCUT2D eigenvalue weighted by Crippen LogP contribution is 2.31. The molecule has 0 saturated carbocycles. The maximum Gasteiger partial charge on any atom is 0.416 e. The first kappa shape index (κ1) is 28.9. The van der Waals surface area contributed by atoms with Crippen molar-refractivity contribution in [2.45, 2.75) is 43.9 Å². The second-order valence-corrected chi connectivity index (χ2v) is 10.3. The fourth-order valence-electron chi connectivity index (χ4n) is 3.49. The van der Waals surface area contributed by atoms with Crippen molar-refractivity contribution >= 4 is 33.3 Å². The molecule has 13 heteroatoms. The summed E-state index contributed by atoms with van der Waals surface area (Å²) in [5.74, 6) is -0.660. The third-order valence-corrected chi connectivity index (χ3v) is 7.24. The quantitative estimate of drug-likeness (QED) is 0.166. The Morgan fingerprint density at radius 1 is 1.11 bits per heavy atom. The summed E-state index contributed by atoms with van der Waals surface area (Å²) in [6, 6.07) is 12.2. The largest absolute Gasteiger partial charge is 0.416 e. The Morgan fingerprint density at radius 3 is 2.39 bits per heavy atom. The van der Waals surface area contributed by atoms with Crippen LogP contribution in [0.4, 0.5) is 18.9 Å². The van der Waals surface area contributed by atoms with E-state index in [1.165, 1.54) is 35.2 Å². The third-order valence-electron chi connectivity index (χ3n) is 5.68. The van der Waals surface area contributed by atoms with Crippen molar-refractivity contribution in [2.24, 2.45) is 0 Å². The maximum absolute atomic E-state index is 13.3. The van der Waals surface area contributed by atoms with E-state index in [9.17, 15) is 36.5 Å². The van der Waals surface area contributed by atoms with Gasteiger partial charge in [-0.05, 0) is 55.3 Å². The zero-order chi connectivity index (χ0) is 28.3. The minimum absolute atomic E-state index is 0.00195. The van der Waals surface area contributed by atoms with Crippen LogP contribution in [0.3, 0.4) is 0 Å². The molecule has 1 unspecified atom stereocenters. The summed E-state index contributed by atoms with van der Waals surface area (Å²) in [5.41, 5.74) is -0.887. The number of alkyl halides is 3. The molecule has 0 fully saturated rings. The van der Waals surface area contributed by atoms with Gasteiger partial charge in [0.2, 0.25) is 0 Å². The summed E-state index contributed by atoms with van der Waals surface area (Å²) < 4.78 is 69.4. The topological polar surface area (TPSA) is 107 Å². The second kappa shape index (κ2) is 11.4. The Labute approximate surface area is 221 Å². The van der Waals surface area contributed by atoms with E-state index >= 15 is 0 Å². The molecule has 3 aromatic rings. The van der Waals surface area contributed by atoms with E-state index in [4.69, 9.17) is 15.8 Å². The van der Waals surface area contributed by atoms with Crippen LogP contribution in [0.1, 0.15) is 41.8 Å². The number of hydrogen-bond donors (Lipinski definition) is 0. The molecular formula is C25H22ClF3N2O6S. The normalized spacial score (nSPS) is 12.6. The number of nitro benzene ring substituents is 1. The van der Waals surface area contributed by atoms with E-state index in [1.807, 2.05) is 6.92 Å². The Bertz CT molecular complexity index is 1460. The Hall–Kier alpha value is -3.64. The highest BCUT2D eigenvalue weighted by molar-refractivity contribution is 7.87. The molecule has 0 radical (unpaired) electrons. The van der Waals surface area contributed by atoms with E-state index in [-0.39, 0.29) is 34.6 Å². The van der Waals surface area contributed by atoms with E-state index in [0.717, 1.165) is 24.3 Å². The summed E-state index contributed by atoms with van der Waals surface area (Å²) in [4.78, 5) is 24.5. The van der Waals surface area contributed by atoms with Crippen LogP contribution in [0.15, 0.2) is 71.6 Å². The Kier molecular flexibility index (Phi) is 8.68. The van der Waals surface area contributed by atoms with Gasteiger partial charge in [0.1, 0.15) is 10.6 Å². The summed E-state index contributed by atoms with van der Waals surface area (Å²) in [6.07, 6.45) is -4.18. The lowest BCUT2D eigenvalue weighted by atomic mass is 10.1. The van der Waals surface area contributed by atoms with Crippen LogP contribution in [-0.2, 0) is 22.8 Å². The minimum atomic E-state index is -4.73. The van der Waals surface area contributed by atoms with Crippen LogP contribution >= 0.6 is 11.6 Å². The number of halogens is 4. The molecule has 0 N–H and O–H groups in total. The summed E-state index contributed by atoms with van der Waals surface area (Å²) in [7, 11) is -4.59. The van der Waals surface area contributed by atoms with Gasteiger partial charge in [-0.25, -0.2) is 0 Å². The number of amides is 1. The standard InChI is InChI=1S/C25H22ClF3N2O6S/c1-3-16(2)30(24(32)22-11-10-19(31(33)34)14-23(22)26)15-17-6-4-8-20(12-17)37-38(35,36)21-9-5-7-18(13-21)25(27,28)29/h4-14,16H,3,15H2,1-2H3. The number of carbonyl (C=O) groups excluding carboxylic acids is 1. The molecule has 0 aromatic heterocycles. The van der Waals surface area contributed by atoms with Crippen molar-refractivity contribution in [3.05, 3.63) is 98.6 Å². The van der Waals surface area contributed by atoms with Crippen molar-refractivity contribution in [1.82, 2.24) is 4.90 Å². The van der Waals surface area contributed by atoms with Gasteiger partial charge in [0, 0.05) is 24.7 Å². The first-order valence-corrected chi connectivity index (χ1v) is 13.0. The van der Waals surface area contributed by atoms with Crippen LogP contribution in [0.5, 0.6) is 5.75 Å². The van der Waals surface area contributed by atoms with Crippen molar-refractivity contribution in [2.75, 3.05) is 0 Å². The van der Waals surface area contributed by atoms with E-state index in [0.29, 0.717) is 18.1 Å². The molecule has 0 aliphatic carbocycles. The molecule has 0 aliphatic heterocycles. The van der Waals surface area contributed by atoms with E-state index < -0.39 is 37.6 Å². The molecular weight excluding hydrogens is 549 g/mol. The Balaban J connectivity index is 1.87. The van der Waals surface area contributed by atoms with Gasteiger partial charge in [0.15, 0.2) is 0 Å². The van der Waals surface area contributed by atoms with Gasteiger partial charge < -0.3 is 9.08 Å². The molecule has 202 valence electrons. The van der Waals surface area contributed by atoms with Crippen molar-refractivity contribution in [1.29, 1.82) is 0 Å². The number of carbonyl (C=O) groups is 1. The van der Waals surface area contributed by atoms with E-state index in [2.05, 4.69) is 0 Å². The van der Waals surface area contributed by atoms with Gasteiger partial charge in [0.05, 0.1) is 21.1 Å². The van der Waals surface area contributed by atoms with Gasteiger partial charge in [-0.2, -0.15) is 21.6 Å². The first-order valence-electron chi connectivity index (χ1n) is 11.2. The molecule has 0 saturated heterocycles. The molecule has 1 atom stereocenters. The number of rotatable bonds is 9. The predicted octanol–water partition coefficient (Wildman–Crippen LogP) is 6.48. The fourth-order valence-corrected chi connectivity index (χ4v) is 4.71. The molecule has 0 bridgehead atoms. The lowest BCUT2D eigenvalue weighted by Crippen LogP contribution is -2.38. The maximum atomic E-state index is 13.3. The third kappa shape index (κ3) is 6.81. The summed E-state index contributed by atoms with van der Waals surface area (Å²) in [6.45, 7) is 3.64. The molecule has 8 nitrogen and oxygen atoms in total. The predicted molar refractivity (Wildman–Crippen MR) is 133 cm³/mol. The number of non-ortho nitro benzene ring substituents is 1. The van der Waals surface area contributed by atoms with Crippen molar-refractivity contribution < 1.29 is 35.5 Å². The number of benzene rings is 3. The van der Waals surface area contributed by atoms with Gasteiger partial charge in [-0.1, -0.05) is 36.7 Å². The van der Waals surface area contributed by atoms with Crippen molar-refractivity contribution in [3.63, 3.8) is 0 Å². The Morgan fingerprint density at radius 2 is 1.79 bits per heavy atom. The second-order valence-electron chi connectivity index (χ2n) is 8.32. The zero-order valence-corrected chi connectivity index (χ0v) is 21.7. The first-order chi connectivity index (χ1) is 17.7.